The topological polar surface area (TPSA) is 58.0 Å². The molecule has 2 aromatic rings. The van der Waals surface area contributed by atoms with Gasteiger partial charge in [0.05, 0.1) is 5.52 Å². The Labute approximate surface area is 196 Å². The molecule has 2 saturated heterocycles. The summed E-state index contributed by atoms with van der Waals surface area (Å²) in [6, 6.07) is 6.43. The van der Waals surface area contributed by atoms with Crippen molar-refractivity contribution >= 4 is 22.8 Å². The highest BCUT2D eigenvalue weighted by Gasteiger charge is 2.32. The second kappa shape index (κ2) is 9.11. The Bertz CT molecular complexity index is 1050. The maximum atomic E-state index is 13.3. The third-order valence-corrected chi connectivity index (χ3v) is 7.78. The number of nitrogens with zero attached hydrogens (tertiary/aromatic N) is 4. The van der Waals surface area contributed by atoms with Crippen molar-refractivity contribution in [1.82, 2.24) is 19.3 Å². The molecule has 33 heavy (non-hydrogen) atoms. The summed E-state index contributed by atoms with van der Waals surface area (Å²) in [6.07, 6.45) is 5.09. The summed E-state index contributed by atoms with van der Waals surface area (Å²) in [5.41, 5.74) is 3.96. The molecule has 4 heterocycles. The molecular formula is C26H36N4O3. The lowest BCUT2D eigenvalue weighted by molar-refractivity contribution is 0.0290. The first kappa shape index (κ1) is 22.4. The quantitative estimate of drug-likeness (QED) is 0.699. The van der Waals surface area contributed by atoms with E-state index in [9.17, 15) is 9.59 Å². The number of aromatic nitrogens is 1. The third kappa shape index (κ3) is 4.17. The summed E-state index contributed by atoms with van der Waals surface area (Å²) in [7, 11) is 3.60. The molecule has 3 aliphatic rings. The highest BCUT2D eigenvalue weighted by Crippen LogP contribution is 2.34. The van der Waals surface area contributed by atoms with Crippen LogP contribution in [0.4, 0.5) is 4.79 Å². The first-order valence-corrected chi connectivity index (χ1v) is 12.4. The zero-order valence-electron chi connectivity index (χ0n) is 20.2. The van der Waals surface area contributed by atoms with Gasteiger partial charge in [-0.1, -0.05) is 6.92 Å². The molecule has 0 N–H and O–H groups in total. The van der Waals surface area contributed by atoms with E-state index in [1.807, 2.05) is 27.7 Å². The van der Waals surface area contributed by atoms with E-state index in [4.69, 9.17) is 4.74 Å². The van der Waals surface area contributed by atoms with Gasteiger partial charge in [0.1, 0.15) is 0 Å². The Morgan fingerprint density at radius 1 is 1.03 bits per heavy atom. The smallest absolute Gasteiger partial charge is 0.328 e. The average molecular weight is 453 g/mol. The molecular weight excluding hydrogens is 416 g/mol. The number of fused-ring (bicyclic) bond motifs is 3. The van der Waals surface area contributed by atoms with Crippen molar-refractivity contribution in [3.05, 3.63) is 35.0 Å². The number of carbonyl (C=O) groups is 2. The van der Waals surface area contributed by atoms with Gasteiger partial charge in [0.2, 0.25) is 0 Å². The zero-order chi connectivity index (χ0) is 23.1. The van der Waals surface area contributed by atoms with Crippen molar-refractivity contribution in [2.24, 2.45) is 5.92 Å². The fourth-order valence-electron chi connectivity index (χ4n) is 5.69. The fraction of sp³-hybridized carbons (Fsp3) is 0.615. The van der Waals surface area contributed by atoms with Crippen LogP contribution in [0.5, 0.6) is 0 Å². The Kier molecular flexibility index (Phi) is 6.18. The molecule has 1 aromatic carbocycles. The number of carbonyl (C=O) groups excluding carboxylic acids is 2. The second-order valence-corrected chi connectivity index (χ2v) is 10.2. The second-order valence-electron chi connectivity index (χ2n) is 10.2. The molecule has 7 nitrogen and oxygen atoms in total. The van der Waals surface area contributed by atoms with E-state index in [2.05, 4.69) is 11.8 Å². The van der Waals surface area contributed by atoms with Gasteiger partial charge in [-0.15, -0.1) is 0 Å². The molecule has 0 atom stereocenters. The summed E-state index contributed by atoms with van der Waals surface area (Å²) in [4.78, 5) is 32.6. The average Bonchev–Trinajstić information content (AvgIpc) is 3.17. The summed E-state index contributed by atoms with van der Waals surface area (Å²) in [6.45, 7) is 7.33. The molecule has 0 aliphatic carbocycles. The van der Waals surface area contributed by atoms with Crippen LogP contribution in [0.25, 0.3) is 10.9 Å². The van der Waals surface area contributed by atoms with E-state index in [0.29, 0.717) is 12.0 Å². The monoisotopic (exact) mass is 452 g/mol. The molecule has 0 spiro atoms. The van der Waals surface area contributed by atoms with Crippen molar-refractivity contribution in [3.63, 3.8) is 0 Å². The Balaban J connectivity index is 1.53. The number of amides is 2. The van der Waals surface area contributed by atoms with Crippen LogP contribution in [0, 0.1) is 5.92 Å². The Hall–Kier alpha value is -2.38. The maximum Gasteiger partial charge on any atom is 0.328 e. The van der Waals surface area contributed by atoms with Crippen molar-refractivity contribution in [2.75, 3.05) is 46.9 Å². The van der Waals surface area contributed by atoms with Gasteiger partial charge in [-0.05, 0) is 55.4 Å². The van der Waals surface area contributed by atoms with Crippen molar-refractivity contribution < 1.29 is 14.3 Å². The van der Waals surface area contributed by atoms with Crippen LogP contribution in [0.1, 0.15) is 54.2 Å². The van der Waals surface area contributed by atoms with Gasteiger partial charge in [-0.25, -0.2) is 4.79 Å². The summed E-state index contributed by atoms with van der Waals surface area (Å²) < 4.78 is 7.45. The van der Waals surface area contributed by atoms with Crippen LogP contribution in [0.3, 0.4) is 0 Å². The van der Waals surface area contributed by atoms with Gasteiger partial charge in [0.25, 0.3) is 5.91 Å². The predicted octanol–water partition coefficient (Wildman–Crippen LogP) is 3.58. The Morgan fingerprint density at radius 3 is 2.45 bits per heavy atom. The fourth-order valence-corrected chi connectivity index (χ4v) is 5.69. The molecule has 0 bridgehead atoms. The summed E-state index contributed by atoms with van der Waals surface area (Å²) in [5.74, 6) is 0.798. The van der Waals surface area contributed by atoms with E-state index in [1.54, 1.807) is 19.0 Å². The van der Waals surface area contributed by atoms with Gasteiger partial charge in [0.15, 0.2) is 0 Å². The minimum absolute atomic E-state index is 0.0233. The van der Waals surface area contributed by atoms with Gasteiger partial charge in [0, 0.05) is 82.6 Å². The molecule has 0 unspecified atom stereocenters. The standard InChI is InChI=1S/C26H36N4O3/c1-18-6-11-28(12-7-18)25(31)19-4-5-23-21(16-19)22-17-29(20-9-14-33-15-10-20)13-8-24(22)30(23)26(32)27(2)3/h4-5,16,18,20H,6-15,17H2,1-3H3. The normalized spacial score (nSPS) is 20.8. The molecule has 1 aromatic heterocycles. The molecule has 5 rings (SSSR count). The maximum absolute atomic E-state index is 13.3. The lowest BCUT2D eigenvalue weighted by atomic mass is 9.97. The van der Waals surface area contributed by atoms with Crippen LogP contribution in [0.2, 0.25) is 0 Å². The van der Waals surface area contributed by atoms with Crippen molar-refractivity contribution in [2.45, 2.75) is 51.6 Å². The SMILES string of the molecule is CC1CCN(C(=O)c2ccc3c(c2)c2c(n3C(=O)N(C)C)CCN(C3CCOCC3)C2)CC1. The number of hydrogen-bond donors (Lipinski definition) is 0. The van der Waals surface area contributed by atoms with Crippen molar-refractivity contribution in [3.8, 4) is 0 Å². The summed E-state index contributed by atoms with van der Waals surface area (Å²) in [5, 5.41) is 1.05. The number of ether oxygens (including phenoxy) is 1. The van der Waals surface area contributed by atoms with E-state index in [-0.39, 0.29) is 11.9 Å². The summed E-state index contributed by atoms with van der Waals surface area (Å²) >= 11 is 0. The Morgan fingerprint density at radius 2 is 1.76 bits per heavy atom. The number of rotatable bonds is 2. The molecule has 178 valence electrons. The lowest BCUT2D eigenvalue weighted by Crippen LogP contribution is -2.43. The van der Waals surface area contributed by atoms with Gasteiger partial charge >= 0.3 is 6.03 Å². The minimum Gasteiger partial charge on any atom is -0.381 e. The highest BCUT2D eigenvalue weighted by atomic mass is 16.5. The van der Waals surface area contributed by atoms with Gasteiger partial charge in [-0.3, -0.25) is 14.3 Å². The lowest BCUT2D eigenvalue weighted by Gasteiger charge is -2.37. The molecule has 2 amide bonds. The van der Waals surface area contributed by atoms with E-state index in [0.717, 1.165) is 93.7 Å². The number of piperidine rings is 1. The van der Waals surface area contributed by atoms with Gasteiger partial charge < -0.3 is 14.5 Å². The zero-order valence-corrected chi connectivity index (χ0v) is 20.2. The first-order valence-electron chi connectivity index (χ1n) is 12.4. The van der Waals surface area contributed by atoms with E-state index < -0.39 is 0 Å². The number of benzene rings is 1. The molecule has 7 heteroatoms. The van der Waals surface area contributed by atoms with Crippen LogP contribution in [-0.2, 0) is 17.7 Å². The van der Waals surface area contributed by atoms with Gasteiger partial charge in [-0.2, -0.15) is 0 Å². The molecule has 0 saturated carbocycles. The largest absolute Gasteiger partial charge is 0.381 e. The van der Waals surface area contributed by atoms with E-state index >= 15 is 0 Å². The van der Waals surface area contributed by atoms with Crippen LogP contribution in [-0.4, -0.2) is 84.2 Å². The minimum atomic E-state index is -0.0233. The molecule has 2 fully saturated rings. The highest BCUT2D eigenvalue weighted by molar-refractivity contribution is 6.02. The third-order valence-electron chi connectivity index (χ3n) is 7.78. The molecule has 3 aliphatic heterocycles. The first-order chi connectivity index (χ1) is 15.9. The van der Waals surface area contributed by atoms with Crippen LogP contribution >= 0.6 is 0 Å². The predicted molar refractivity (Wildman–Crippen MR) is 129 cm³/mol. The molecule has 0 radical (unpaired) electrons. The van der Waals surface area contributed by atoms with E-state index in [1.165, 1.54) is 5.56 Å². The number of hydrogen-bond acceptors (Lipinski definition) is 4. The number of likely N-dealkylation sites (tertiary alicyclic amines) is 1. The van der Waals surface area contributed by atoms with Crippen LogP contribution in [0.15, 0.2) is 18.2 Å². The van der Waals surface area contributed by atoms with Crippen LogP contribution < -0.4 is 0 Å². The van der Waals surface area contributed by atoms with Crippen molar-refractivity contribution in [1.29, 1.82) is 0 Å².